The van der Waals surface area contributed by atoms with Gasteiger partial charge in [-0.3, -0.25) is 14.5 Å². The SMILES string of the molecule is CC(C)COc1ccc(/C(O)=C2\C(=O)C(=O)N(c3ccc(F)c(Cl)c3)C2c2ccccc2)cc1. The zero-order valence-electron chi connectivity index (χ0n) is 18.7. The molecule has 1 fully saturated rings. The lowest BCUT2D eigenvalue weighted by Gasteiger charge is -2.25. The summed E-state index contributed by atoms with van der Waals surface area (Å²) in [5, 5.41) is 11.0. The van der Waals surface area contributed by atoms with Gasteiger partial charge in [0.05, 0.1) is 23.2 Å². The van der Waals surface area contributed by atoms with Crippen molar-refractivity contribution in [3.8, 4) is 5.75 Å². The number of aliphatic hydroxyl groups excluding tert-OH is 1. The Labute approximate surface area is 202 Å². The van der Waals surface area contributed by atoms with Gasteiger partial charge in [-0.15, -0.1) is 0 Å². The normalized spacial score (nSPS) is 17.4. The van der Waals surface area contributed by atoms with Crippen molar-refractivity contribution in [3.05, 3.63) is 100 Å². The number of nitrogens with zero attached hydrogens (tertiary/aromatic N) is 1. The molecule has 1 unspecified atom stereocenters. The maximum absolute atomic E-state index is 13.8. The molecule has 1 heterocycles. The first kappa shape index (κ1) is 23.5. The highest BCUT2D eigenvalue weighted by Gasteiger charge is 2.47. The molecule has 1 aliphatic heterocycles. The Kier molecular flexibility index (Phi) is 6.70. The molecule has 3 aromatic carbocycles. The van der Waals surface area contributed by atoms with Crippen LogP contribution >= 0.6 is 11.6 Å². The fraction of sp³-hybridized carbons (Fsp3) is 0.185. The van der Waals surface area contributed by atoms with Crippen LogP contribution in [-0.4, -0.2) is 23.4 Å². The molecule has 0 saturated carbocycles. The highest BCUT2D eigenvalue weighted by molar-refractivity contribution is 6.51. The van der Waals surface area contributed by atoms with Crippen LogP contribution in [0.3, 0.4) is 0 Å². The Morgan fingerprint density at radius 2 is 1.74 bits per heavy atom. The van der Waals surface area contributed by atoms with Crippen LogP contribution in [0.2, 0.25) is 5.02 Å². The third kappa shape index (κ3) is 4.54. The van der Waals surface area contributed by atoms with Crippen molar-refractivity contribution >= 4 is 34.7 Å². The number of anilines is 1. The highest BCUT2D eigenvalue weighted by Crippen LogP contribution is 2.42. The van der Waals surface area contributed by atoms with Gasteiger partial charge in [0.25, 0.3) is 11.7 Å². The van der Waals surface area contributed by atoms with E-state index in [9.17, 15) is 19.1 Å². The summed E-state index contributed by atoms with van der Waals surface area (Å²) in [6, 6.07) is 18.4. The van der Waals surface area contributed by atoms with E-state index in [2.05, 4.69) is 0 Å². The van der Waals surface area contributed by atoms with Gasteiger partial charge in [0.2, 0.25) is 0 Å². The Hall–Kier alpha value is -3.64. The number of hydrogen-bond acceptors (Lipinski definition) is 4. The third-order valence-electron chi connectivity index (χ3n) is 5.45. The fourth-order valence-electron chi connectivity index (χ4n) is 3.81. The number of carbonyl (C=O) groups excluding carboxylic acids is 2. The van der Waals surface area contributed by atoms with Crippen LogP contribution in [0, 0.1) is 11.7 Å². The van der Waals surface area contributed by atoms with Crippen molar-refractivity contribution in [2.75, 3.05) is 11.5 Å². The van der Waals surface area contributed by atoms with Gasteiger partial charge in [0, 0.05) is 11.3 Å². The monoisotopic (exact) mass is 479 g/mol. The number of aliphatic hydroxyl groups is 1. The zero-order chi connectivity index (χ0) is 24.4. The summed E-state index contributed by atoms with van der Waals surface area (Å²) in [4.78, 5) is 27.5. The molecule has 0 radical (unpaired) electrons. The van der Waals surface area contributed by atoms with E-state index in [0.717, 1.165) is 6.07 Å². The zero-order valence-corrected chi connectivity index (χ0v) is 19.4. The topological polar surface area (TPSA) is 66.8 Å². The van der Waals surface area contributed by atoms with Crippen molar-refractivity contribution < 1.29 is 23.8 Å². The Morgan fingerprint density at radius 3 is 2.35 bits per heavy atom. The third-order valence-corrected chi connectivity index (χ3v) is 5.74. The molecule has 1 N–H and O–H groups in total. The number of rotatable bonds is 6. The van der Waals surface area contributed by atoms with Crippen LogP contribution in [0.1, 0.15) is 31.0 Å². The molecule has 7 heteroatoms. The number of halogens is 2. The number of carbonyl (C=O) groups is 2. The van der Waals surface area contributed by atoms with Gasteiger partial charge in [-0.2, -0.15) is 0 Å². The maximum atomic E-state index is 13.8. The lowest BCUT2D eigenvalue weighted by atomic mass is 9.95. The molecule has 174 valence electrons. The minimum absolute atomic E-state index is 0.0625. The van der Waals surface area contributed by atoms with E-state index >= 15 is 0 Å². The molecule has 5 nitrogen and oxygen atoms in total. The number of ketones is 1. The van der Waals surface area contributed by atoms with Crippen LogP contribution in [0.4, 0.5) is 10.1 Å². The molecule has 0 bridgehead atoms. The fourth-order valence-corrected chi connectivity index (χ4v) is 3.99. The van der Waals surface area contributed by atoms with Crippen molar-refractivity contribution in [2.24, 2.45) is 5.92 Å². The second kappa shape index (κ2) is 9.69. The summed E-state index contributed by atoms with van der Waals surface area (Å²) in [5.41, 5.74) is 1.17. The van der Waals surface area contributed by atoms with Crippen molar-refractivity contribution in [1.82, 2.24) is 0 Å². The lowest BCUT2D eigenvalue weighted by Crippen LogP contribution is -2.29. The second-order valence-electron chi connectivity index (χ2n) is 8.41. The molecule has 0 aromatic heterocycles. The largest absolute Gasteiger partial charge is 0.507 e. The van der Waals surface area contributed by atoms with E-state index in [0.29, 0.717) is 29.4 Å². The first-order chi connectivity index (χ1) is 16.3. The molecule has 34 heavy (non-hydrogen) atoms. The van der Waals surface area contributed by atoms with Gasteiger partial charge in [0.15, 0.2) is 0 Å². The van der Waals surface area contributed by atoms with E-state index in [1.807, 2.05) is 13.8 Å². The van der Waals surface area contributed by atoms with Gasteiger partial charge in [-0.1, -0.05) is 55.8 Å². The summed E-state index contributed by atoms with van der Waals surface area (Å²) >= 11 is 5.95. The maximum Gasteiger partial charge on any atom is 0.300 e. The number of amides is 1. The smallest absolute Gasteiger partial charge is 0.300 e. The number of hydrogen-bond donors (Lipinski definition) is 1. The highest BCUT2D eigenvalue weighted by atomic mass is 35.5. The van der Waals surface area contributed by atoms with Gasteiger partial charge in [0.1, 0.15) is 17.3 Å². The summed E-state index contributed by atoms with van der Waals surface area (Å²) in [6.07, 6.45) is 0. The summed E-state index contributed by atoms with van der Waals surface area (Å²) in [6.45, 7) is 4.62. The van der Waals surface area contributed by atoms with Crippen LogP contribution in [0.25, 0.3) is 5.76 Å². The lowest BCUT2D eigenvalue weighted by molar-refractivity contribution is -0.132. The van der Waals surface area contributed by atoms with Crippen LogP contribution < -0.4 is 9.64 Å². The standard InChI is InChI=1S/C27H23ClFNO4/c1-16(2)15-34-20-11-8-18(9-12-20)25(31)23-24(17-6-4-3-5-7-17)30(27(33)26(23)32)19-10-13-22(29)21(28)14-19/h3-14,16,24,31H,15H2,1-2H3/b25-23+. The summed E-state index contributed by atoms with van der Waals surface area (Å²) < 4.78 is 19.5. The molecule has 1 aliphatic rings. The van der Waals surface area contributed by atoms with Crippen molar-refractivity contribution in [1.29, 1.82) is 0 Å². The molecule has 0 spiro atoms. The minimum Gasteiger partial charge on any atom is -0.507 e. The molecule has 4 rings (SSSR count). The Balaban J connectivity index is 1.81. The predicted molar refractivity (Wildman–Crippen MR) is 129 cm³/mol. The second-order valence-corrected chi connectivity index (χ2v) is 8.81. The summed E-state index contributed by atoms with van der Waals surface area (Å²) in [7, 11) is 0. The van der Waals surface area contributed by atoms with E-state index in [4.69, 9.17) is 16.3 Å². The van der Waals surface area contributed by atoms with E-state index in [-0.39, 0.29) is 22.0 Å². The number of ether oxygens (including phenoxy) is 1. The average Bonchev–Trinajstić information content (AvgIpc) is 3.10. The Morgan fingerprint density at radius 1 is 1.06 bits per heavy atom. The molecule has 1 saturated heterocycles. The van der Waals surface area contributed by atoms with Crippen molar-refractivity contribution in [3.63, 3.8) is 0 Å². The van der Waals surface area contributed by atoms with E-state index in [1.54, 1.807) is 54.6 Å². The van der Waals surface area contributed by atoms with Gasteiger partial charge in [-0.05, 0) is 53.9 Å². The number of benzene rings is 3. The van der Waals surface area contributed by atoms with Crippen LogP contribution in [0.5, 0.6) is 5.75 Å². The first-order valence-electron chi connectivity index (χ1n) is 10.8. The minimum atomic E-state index is -0.917. The summed E-state index contributed by atoms with van der Waals surface area (Å²) in [5.74, 6) is -1.64. The van der Waals surface area contributed by atoms with Gasteiger partial charge < -0.3 is 9.84 Å². The van der Waals surface area contributed by atoms with Crippen LogP contribution in [0.15, 0.2) is 78.4 Å². The van der Waals surface area contributed by atoms with Crippen LogP contribution in [-0.2, 0) is 9.59 Å². The number of Topliss-reactive ketones (excluding diaryl/α,β-unsaturated/α-hetero) is 1. The average molecular weight is 480 g/mol. The quantitative estimate of drug-likeness (QED) is 0.262. The first-order valence-corrected chi connectivity index (χ1v) is 11.2. The molecule has 3 aromatic rings. The molecular formula is C27H23ClFNO4. The Bertz CT molecular complexity index is 1260. The molecular weight excluding hydrogens is 457 g/mol. The van der Waals surface area contributed by atoms with E-state index in [1.165, 1.54) is 17.0 Å². The van der Waals surface area contributed by atoms with E-state index < -0.39 is 23.5 Å². The predicted octanol–water partition coefficient (Wildman–Crippen LogP) is 6.14. The molecule has 0 aliphatic carbocycles. The van der Waals surface area contributed by atoms with Crippen molar-refractivity contribution in [2.45, 2.75) is 19.9 Å². The molecule has 1 atom stereocenters. The van der Waals surface area contributed by atoms with Gasteiger partial charge >= 0.3 is 0 Å². The molecule has 1 amide bonds. The van der Waals surface area contributed by atoms with Gasteiger partial charge in [-0.25, -0.2) is 4.39 Å².